The van der Waals surface area contributed by atoms with Crippen molar-refractivity contribution in [2.24, 2.45) is 7.05 Å². The summed E-state index contributed by atoms with van der Waals surface area (Å²) in [5, 5.41) is 16.5. The lowest BCUT2D eigenvalue weighted by atomic mass is 10.4. The molecule has 0 aliphatic carbocycles. The molecule has 2 aromatic rings. The average molecular weight is 314 g/mol. The van der Waals surface area contributed by atoms with Crippen LogP contribution in [0.4, 0.5) is 5.95 Å². The zero-order valence-corrected chi connectivity index (χ0v) is 12.4. The zero-order chi connectivity index (χ0) is 15.8. The van der Waals surface area contributed by atoms with Crippen LogP contribution in [0.3, 0.4) is 0 Å². The summed E-state index contributed by atoms with van der Waals surface area (Å²) < 4.78 is 29.5. The number of aliphatic carboxylic acids is 1. The second-order valence-electron chi connectivity index (χ2n) is 4.36. The Morgan fingerprint density at radius 3 is 2.62 bits per heavy atom. The van der Waals surface area contributed by atoms with Gasteiger partial charge in [-0.25, -0.2) is 17.8 Å². The van der Waals surface area contributed by atoms with Gasteiger partial charge in [-0.3, -0.25) is 9.48 Å². The number of aryl methyl sites for hydroxylation is 2. The molecule has 2 heterocycles. The standard InChI is InChI=1S/C10H14N6O4S/c1-6-9(7(2)16(13-6)4-8(17)18)21(19,20)14-10-11-5-12-15(10)3/h5H,4H2,1-3H3,(H,17,18)(H,11,12,14). The number of sulfonamides is 1. The highest BCUT2D eigenvalue weighted by molar-refractivity contribution is 7.92. The molecule has 0 spiro atoms. The molecule has 2 rings (SSSR count). The van der Waals surface area contributed by atoms with Crippen LogP contribution in [0.15, 0.2) is 11.2 Å². The van der Waals surface area contributed by atoms with E-state index in [0.717, 1.165) is 4.68 Å². The highest BCUT2D eigenvalue weighted by atomic mass is 32.2. The monoisotopic (exact) mass is 314 g/mol. The van der Waals surface area contributed by atoms with Gasteiger partial charge < -0.3 is 5.11 Å². The highest BCUT2D eigenvalue weighted by Crippen LogP contribution is 2.21. The second-order valence-corrected chi connectivity index (χ2v) is 5.98. The minimum Gasteiger partial charge on any atom is -0.480 e. The normalized spacial score (nSPS) is 11.6. The van der Waals surface area contributed by atoms with E-state index in [1.165, 1.54) is 24.9 Å². The molecule has 0 saturated heterocycles. The van der Waals surface area contributed by atoms with Gasteiger partial charge in [0.2, 0.25) is 5.95 Å². The number of nitrogens with one attached hydrogen (secondary N) is 1. The van der Waals surface area contributed by atoms with Gasteiger partial charge in [-0.05, 0) is 13.8 Å². The summed E-state index contributed by atoms with van der Waals surface area (Å²) in [7, 11) is -2.39. The minimum absolute atomic E-state index is 0.0554. The first kappa shape index (κ1) is 15.0. The van der Waals surface area contributed by atoms with E-state index in [9.17, 15) is 13.2 Å². The van der Waals surface area contributed by atoms with Gasteiger partial charge in [-0.2, -0.15) is 15.2 Å². The van der Waals surface area contributed by atoms with Gasteiger partial charge in [0.1, 0.15) is 17.8 Å². The quantitative estimate of drug-likeness (QED) is 0.761. The van der Waals surface area contributed by atoms with Gasteiger partial charge in [0.15, 0.2) is 0 Å². The summed E-state index contributed by atoms with van der Waals surface area (Å²) in [5.41, 5.74) is 0.452. The zero-order valence-electron chi connectivity index (χ0n) is 11.6. The van der Waals surface area contributed by atoms with Crippen molar-refractivity contribution >= 4 is 21.9 Å². The smallest absolute Gasteiger partial charge is 0.325 e. The van der Waals surface area contributed by atoms with Crippen molar-refractivity contribution < 1.29 is 18.3 Å². The summed E-state index contributed by atoms with van der Waals surface area (Å²) in [6.07, 6.45) is 1.21. The minimum atomic E-state index is -3.93. The van der Waals surface area contributed by atoms with Crippen molar-refractivity contribution in [3.8, 4) is 0 Å². The molecule has 0 aromatic carbocycles. The summed E-state index contributed by atoms with van der Waals surface area (Å²) in [6, 6.07) is 0. The first-order valence-electron chi connectivity index (χ1n) is 5.85. The van der Waals surface area contributed by atoms with E-state index >= 15 is 0 Å². The fourth-order valence-electron chi connectivity index (χ4n) is 1.91. The Morgan fingerprint density at radius 2 is 2.10 bits per heavy atom. The van der Waals surface area contributed by atoms with Crippen LogP contribution in [-0.2, 0) is 28.4 Å². The Kier molecular flexibility index (Phi) is 3.68. The average Bonchev–Trinajstić information content (AvgIpc) is 2.83. The van der Waals surface area contributed by atoms with Gasteiger partial charge in [-0.1, -0.05) is 0 Å². The molecule has 0 radical (unpaired) electrons. The predicted octanol–water partition coefficient (Wildman–Crippen LogP) is -0.486. The first-order valence-corrected chi connectivity index (χ1v) is 7.33. The van der Waals surface area contributed by atoms with E-state index in [4.69, 9.17) is 5.11 Å². The van der Waals surface area contributed by atoms with E-state index < -0.39 is 22.5 Å². The fraction of sp³-hybridized carbons (Fsp3) is 0.400. The molecule has 114 valence electrons. The largest absolute Gasteiger partial charge is 0.480 e. The maximum Gasteiger partial charge on any atom is 0.325 e. The number of carbonyl (C=O) groups is 1. The third-order valence-corrected chi connectivity index (χ3v) is 4.39. The predicted molar refractivity (Wildman–Crippen MR) is 71.1 cm³/mol. The van der Waals surface area contributed by atoms with E-state index in [1.54, 1.807) is 7.05 Å². The lowest BCUT2D eigenvalue weighted by molar-refractivity contribution is -0.137. The Morgan fingerprint density at radius 1 is 1.43 bits per heavy atom. The van der Waals surface area contributed by atoms with Crippen molar-refractivity contribution in [1.29, 1.82) is 0 Å². The van der Waals surface area contributed by atoms with Crippen LogP contribution in [0.2, 0.25) is 0 Å². The molecule has 0 aliphatic heterocycles. The van der Waals surface area contributed by atoms with Crippen LogP contribution in [-0.4, -0.2) is 44.0 Å². The Hall–Kier alpha value is -2.43. The van der Waals surface area contributed by atoms with Crippen molar-refractivity contribution in [3.05, 3.63) is 17.7 Å². The summed E-state index contributed by atoms with van der Waals surface area (Å²) >= 11 is 0. The molecule has 0 bridgehead atoms. The highest BCUT2D eigenvalue weighted by Gasteiger charge is 2.26. The number of nitrogens with zero attached hydrogens (tertiary/aromatic N) is 5. The molecule has 0 amide bonds. The maximum absolute atomic E-state index is 12.4. The van der Waals surface area contributed by atoms with Crippen molar-refractivity contribution in [2.45, 2.75) is 25.3 Å². The lowest BCUT2D eigenvalue weighted by Gasteiger charge is -2.07. The Bertz CT molecular complexity index is 791. The molecule has 0 aliphatic rings. The number of aromatic nitrogens is 5. The molecular weight excluding hydrogens is 300 g/mol. The molecule has 11 heteroatoms. The van der Waals surface area contributed by atoms with E-state index in [-0.39, 0.29) is 22.2 Å². The molecular formula is C10H14N6O4S. The van der Waals surface area contributed by atoms with Crippen LogP contribution in [0.1, 0.15) is 11.4 Å². The SMILES string of the molecule is Cc1nn(CC(=O)O)c(C)c1S(=O)(=O)Nc1ncnn1C. The topological polar surface area (TPSA) is 132 Å². The Labute approximate surface area is 120 Å². The first-order chi connectivity index (χ1) is 9.72. The van der Waals surface area contributed by atoms with Gasteiger partial charge >= 0.3 is 5.97 Å². The van der Waals surface area contributed by atoms with Crippen molar-refractivity contribution in [3.63, 3.8) is 0 Å². The molecule has 2 aromatic heterocycles. The van der Waals surface area contributed by atoms with E-state index in [1.807, 2.05) is 0 Å². The third-order valence-electron chi connectivity index (χ3n) is 2.81. The van der Waals surface area contributed by atoms with Crippen LogP contribution in [0, 0.1) is 13.8 Å². The van der Waals surface area contributed by atoms with Crippen LogP contribution in [0.25, 0.3) is 0 Å². The molecule has 0 fully saturated rings. The number of hydrogen-bond acceptors (Lipinski definition) is 6. The molecule has 10 nitrogen and oxygen atoms in total. The van der Waals surface area contributed by atoms with Crippen molar-refractivity contribution in [1.82, 2.24) is 24.5 Å². The van der Waals surface area contributed by atoms with E-state index in [2.05, 4.69) is 19.9 Å². The molecule has 21 heavy (non-hydrogen) atoms. The summed E-state index contributed by atoms with van der Waals surface area (Å²) in [6.45, 7) is 2.58. The van der Waals surface area contributed by atoms with Crippen LogP contribution < -0.4 is 4.72 Å². The van der Waals surface area contributed by atoms with Gasteiger partial charge in [-0.15, -0.1) is 0 Å². The molecule has 2 N–H and O–H groups in total. The molecule has 0 atom stereocenters. The summed E-state index contributed by atoms with van der Waals surface area (Å²) in [4.78, 5) is 14.5. The van der Waals surface area contributed by atoms with E-state index in [0.29, 0.717) is 0 Å². The number of carboxylic acids is 1. The van der Waals surface area contributed by atoms with Crippen molar-refractivity contribution in [2.75, 3.05) is 4.72 Å². The van der Waals surface area contributed by atoms with Gasteiger partial charge in [0.05, 0.1) is 11.4 Å². The number of carboxylic acid groups (broad SMARTS) is 1. The third kappa shape index (κ3) is 2.86. The Balaban J connectivity index is 2.43. The molecule has 0 unspecified atom stereocenters. The lowest BCUT2D eigenvalue weighted by Crippen LogP contribution is -2.18. The van der Waals surface area contributed by atoms with Gasteiger partial charge in [0, 0.05) is 7.05 Å². The van der Waals surface area contributed by atoms with Crippen LogP contribution in [0.5, 0.6) is 0 Å². The number of hydrogen-bond donors (Lipinski definition) is 2. The second kappa shape index (κ2) is 5.16. The molecule has 0 saturated carbocycles. The van der Waals surface area contributed by atoms with Crippen LogP contribution >= 0.6 is 0 Å². The fourth-order valence-corrected chi connectivity index (χ4v) is 3.36. The van der Waals surface area contributed by atoms with Gasteiger partial charge in [0.25, 0.3) is 10.0 Å². The number of rotatable bonds is 5. The summed E-state index contributed by atoms with van der Waals surface area (Å²) in [5.74, 6) is -1.05. The number of anilines is 1. The maximum atomic E-state index is 12.4.